The molecule has 0 spiro atoms. The highest BCUT2D eigenvalue weighted by Gasteiger charge is 2.09. The summed E-state index contributed by atoms with van der Waals surface area (Å²) in [6.45, 7) is 11.4. The molecule has 0 aliphatic heterocycles. The number of rotatable bonds is 7. The van der Waals surface area contributed by atoms with Crippen molar-refractivity contribution < 1.29 is 4.79 Å². The Kier molecular flexibility index (Phi) is 11.4. The van der Waals surface area contributed by atoms with Crippen LogP contribution in [-0.2, 0) is 11.2 Å². The minimum absolute atomic E-state index is 0. The Bertz CT molecular complexity index is 532. The number of carbonyl (C=O) groups excluding carboxylic acids is 1. The zero-order valence-corrected chi connectivity index (χ0v) is 17.7. The molecule has 1 unspecified atom stereocenters. The Balaban J connectivity index is 0.00000529. The van der Waals surface area contributed by atoms with E-state index in [4.69, 9.17) is 0 Å². The predicted molar refractivity (Wildman–Crippen MR) is 113 cm³/mol. The average molecular weight is 446 g/mol. The number of guanidine groups is 1. The monoisotopic (exact) mass is 446 g/mol. The standard InChI is InChI=1S/C18H30N4O.HI/c1-6-15-9-8-10-16(11-15)22-17(23)12-20-18(19-7-2)21-14(5)13(3)4;/h8-11,13-14H,6-7,12H2,1-5H3,(H,22,23)(H2,19,20,21);1H. The third kappa shape index (κ3) is 8.52. The first-order valence-corrected chi connectivity index (χ1v) is 8.39. The van der Waals surface area contributed by atoms with Crippen LogP contribution in [0.5, 0.6) is 0 Å². The molecule has 0 saturated carbocycles. The molecule has 6 heteroatoms. The van der Waals surface area contributed by atoms with Crippen LogP contribution < -0.4 is 16.0 Å². The van der Waals surface area contributed by atoms with Crippen molar-refractivity contribution in [1.29, 1.82) is 0 Å². The van der Waals surface area contributed by atoms with Crippen LogP contribution in [0.3, 0.4) is 0 Å². The fraction of sp³-hybridized carbons (Fsp3) is 0.556. The second-order valence-corrected chi connectivity index (χ2v) is 5.97. The van der Waals surface area contributed by atoms with Crippen LogP contribution in [-0.4, -0.2) is 31.0 Å². The molecule has 5 nitrogen and oxygen atoms in total. The Morgan fingerprint density at radius 2 is 1.92 bits per heavy atom. The van der Waals surface area contributed by atoms with Gasteiger partial charge in [-0.15, -0.1) is 24.0 Å². The molecule has 0 aliphatic rings. The van der Waals surface area contributed by atoms with Crippen molar-refractivity contribution >= 4 is 41.5 Å². The van der Waals surface area contributed by atoms with E-state index in [1.165, 1.54) is 5.56 Å². The van der Waals surface area contributed by atoms with E-state index in [-0.39, 0.29) is 42.5 Å². The van der Waals surface area contributed by atoms with Gasteiger partial charge in [0, 0.05) is 18.3 Å². The van der Waals surface area contributed by atoms with Gasteiger partial charge in [-0.3, -0.25) is 4.79 Å². The lowest BCUT2D eigenvalue weighted by Crippen LogP contribution is -2.44. The van der Waals surface area contributed by atoms with E-state index < -0.39 is 0 Å². The maximum Gasteiger partial charge on any atom is 0.246 e. The number of halogens is 1. The highest BCUT2D eigenvalue weighted by atomic mass is 127. The maximum absolute atomic E-state index is 12.1. The number of amides is 1. The van der Waals surface area contributed by atoms with Gasteiger partial charge in [-0.25, -0.2) is 4.99 Å². The third-order valence-corrected chi connectivity index (χ3v) is 3.71. The van der Waals surface area contributed by atoms with Crippen molar-refractivity contribution in [1.82, 2.24) is 10.6 Å². The van der Waals surface area contributed by atoms with Crippen molar-refractivity contribution in [3.63, 3.8) is 0 Å². The summed E-state index contributed by atoms with van der Waals surface area (Å²) in [6.07, 6.45) is 0.948. The van der Waals surface area contributed by atoms with Gasteiger partial charge in [0.25, 0.3) is 0 Å². The fourth-order valence-electron chi connectivity index (χ4n) is 1.92. The first-order valence-electron chi connectivity index (χ1n) is 8.39. The lowest BCUT2D eigenvalue weighted by atomic mass is 10.1. The summed E-state index contributed by atoms with van der Waals surface area (Å²) in [5.74, 6) is 1.04. The predicted octanol–water partition coefficient (Wildman–Crippen LogP) is 3.41. The quantitative estimate of drug-likeness (QED) is 0.342. The molecule has 0 aromatic heterocycles. The van der Waals surface area contributed by atoms with E-state index in [0.29, 0.717) is 11.9 Å². The largest absolute Gasteiger partial charge is 0.357 e. The molecule has 1 amide bonds. The molecule has 0 aliphatic carbocycles. The molecule has 1 aromatic rings. The second-order valence-electron chi connectivity index (χ2n) is 5.97. The highest BCUT2D eigenvalue weighted by Crippen LogP contribution is 2.10. The normalized spacial score (nSPS) is 12.3. The van der Waals surface area contributed by atoms with Crippen LogP contribution in [0.15, 0.2) is 29.3 Å². The molecule has 0 radical (unpaired) electrons. The van der Waals surface area contributed by atoms with Gasteiger partial charge in [0.1, 0.15) is 6.54 Å². The molecule has 0 bridgehead atoms. The number of hydrogen-bond donors (Lipinski definition) is 3. The van der Waals surface area contributed by atoms with Crippen molar-refractivity contribution in [3.05, 3.63) is 29.8 Å². The van der Waals surface area contributed by atoms with Gasteiger partial charge in [0.2, 0.25) is 5.91 Å². The number of carbonyl (C=O) groups is 1. The highest BCUT2D eigenvalue weighted by molar-refractivity contribution is 14.0. The maximum atomic E-state index is 12.1. The number of aryl methyl sites for hydroxylation is 1. The molecule has 0 fully saturated rings. The van der Waals surface area contributed by atoms with Gasteiger partial charge < -0.3 is 16.0 Å². The molecular formula is C18H31IN4O. The van der Waals surface area contributed by atoms with Gasteiger partial charge in [-0.2, -0.15) is 0 Å². The van der Waals surface area contributed by atoms with Gasteiger partial charge in [0.05, 0.1) is 0 Å². The SMILES string of the molecule is CCNC(=NCC(=O)Nc1cccc(CC)c1)NC(C)C(C)C.I. The molecule has 0 saturated heterocycles. The van der Waals surface area contributed by atoms with Crippen molar-refractivity contribution in [2.45, 2.75) is 47.1 Å². The number of nitrogens with one attached hydrogen (secondary N) is 3. The Hall–Kier alpha value is -1.31. The summed E-state index contributed by atoms with van der Waals surface area (Å²) in [7, 11) is 0. The molecule has 3 N–H and O–H groups in total. The van der Waals surface area contributed by atoms with Crippen LogP contribution in [0.1, 0.15) is 40.2 Å². The van der Waals surface area contributed by atoms with Gasteiger partial charge in [0.15, 0.2) is 5.96 Å². The summed E-state index contributed by atoms with van der Waals surface area (Å²) >= 11 is 0. The summed E-state index contributed by atoms with van der Waals surface area (Å²) in [4.78, 5) is 16.4. The van der Waals surface area contributed by atoms with Crippen LogP contribution in [0.4, 0.5) is 5.69 Å². The topological polar surface area (TPSA) is 65.5 Å². The number of benzene rings is 1. The van der Waals surface area contributed by atoms with E-state index in [1.54, 1.807) is 0 Å². The van der Waals surface area contributed by atoms with E-state index in [0.717, 1.165) is 18.7 Å². The summed E-state index contributed by atoms with van der Waals surface area (Å²) in [5, 5.41) is 9.37. The Morgan fingerprint density at radius 1 is 1.21 bits per heavy atom. The van der Waals surface area contributed by atoms with E-state index in [2.05, 4.69) is 48.6 Å². The van der Waals surface area contributed by atoms with Crippen molar-refractivity contribution in [2.24, 2.45) is 10.9 Å². The number of aliphatic imine (C=N–C) groups is 1. The van der Waals surface area contributed by atoms with Gasteiger partial charge in [-0.05, 0) is 43.9 Å². The van der Waals surface area contributed by atoms with E-state index in [9.17, 15) is 4.79 Å². The lowest BCUT2D eigenvalue weighted by molar-refractivity contribution is -0.114. The molecule has 1 aromatic carbocycles. The first-order chi connectivity index (χ1) is 11.0. The second kappa shape index (κ2) is 12.1. The summed E-state index contributed by atoms with van der Waals surface area (Å²) < 4.78 is 0. The molecule has 1 atom stereocenters. The van der Waals surface area contributed by atoms with Crippen molar-refractivity contribution in [2.75, 3.05) is 18.4 Å². The van der Waals surface area contributed by atoms with Crippen LogP contribution >= 0.6 is 24.0 Å². The van der Waals surface area contributed by atoms with Crippen LogP contribution in [0.25, 0.3) is 0 Å². The fourth-order valence-corrected chi connectivity index (χ4v) is 1.92. The minimum atomic E-state index is -0.118. The van der Waals surface area contributed by atoms with Crippen molar-refractivity contribution in [3.8, 4) is 0 Å². The van der Waals surface area contributed by atoms with Gasteiger partial charge >= 0.3 is 0 Å². The number of hydrogen-bond acceptors (Lipinski definition) is 2. The zero-order valence-electron chi connectivity index (χ0n) is 15.3. The number of nitrogens with zero attached hydrogens (tertiary/aromatic N) is 1. The Morgan fingerprint density at radius 3 is 2.50 bits per heavy atom. The zero-order chi connectivity index (χ0) is 17.2. The summed E-state index contributed by atoms with van der Waals surface area (Å²) in [5.41, 5.74) is 2.02. The minimum Gasteiger partial charge on any atom is -0.357 e. The average Bonchev–Trinajstić information content (AvgIpc) is 2.52. The first kappa shape index (κ1) is 22.7. The molecular weight excluding hydrogens is 415 g/mol. The molecule has 0 heterocycles. The lowest BCUT2D eigenvalue weighted by Gasteiger charge is -2.20. The summed E-state index contributed by atoms with van der Waals surface area (Å²) in [6, 6.07) is 8.18. The van der Waals surface area contributed by atoms with E-state index in [1.807, 2.05) is 31.2 Å². The van der Waals surface area contributed by atoms with Crippen LogP contribution in [0.2, 0.25) is 0 Å². The molecule has 24 heavy (non-hydrogen) atoms. The molecule has 1 rings (SSSR count). The van der Waals surface area contributed by atoms with Gasteiger partial charge in [-0.1, -0.05) is 32.9 Å². The smallest absolute Gasteiger partial charge is 0.246 e. The third-order valence-electron chi connectivity index (χ3n) is 3.71. The number of anilines is 1. The van der Waals surface area contributed by atoms with Crippen LogP contribution in [0, 0.1) is 5.92 Å². The Labute approximate surface area is 163 Å². The molecule has 136 valence electrons. The van der Waals surface area contributed by atoms with E-state index >= 15 is 0 Å².